The lowest BCUT2D eigenvalue weighted by molar-refractivity contribution is -0.116. The van der Waals surface area contributed by atoms with E-state index in [1.54, 1.807) is 19.1 Å². The molecule has 0 aromatic heterocycles. The molecule has 1 atom stereocenters. The Balaban J connectivity index is 1.98. The fourth-order valence-corrected chi connectivity index (χ4v) is 1.85. The Labute approximate surface area is 121 Å². The van der Waals surface area contributed by atoms with Gasteiger partial charge in [0.05, 0.1) is 5.02 Å². The number of carbonyl (C=O) groups is 1. The minimum atomic E-state index is -0.487. The van der Waals surface area contributed by atoms with Crippen LogP contribution in [0.15, 0.2) is 48.5 Å². The molecule has 0 bridgehead atoms. The van der Waals surface area contributed by atoms with Crippen LogP contribution in [0.2, 0.25) is 5.02 Å². The van der Waals surface area contributed by atoms with E-state index in [1.807, 2.05) is 18.2 Å². The Bertz CT molecular complexity index is 604. The van der Waals surface area contributed by atoms with E-state index >= 15 is 0 Å². The van der Waals surface area contributed by atoms with E-state index in [9.17, 15) is 9.18 Å². The van der Waals surface area contributed by atoms with E-state index in [4.69, 9.17) is 11.6 Å². The van der Waals surface area contributed by atoms with Crippen molar-refractivity contribution in [2.45, 2.75) is 13.0 Å². The predicted molar refractivity (Wildman–Crippen MR) is 79.6 cm³/mol. The molecule has 1 amide bonds. The molecule has 2 N–H and O–H groups in total. The summed E-state index contributed by atoms with van der Waals surface area (Å²) in [6.45, 7) is 1.72. The second-order valence-corrected chi connectivity index (χ2v) is 4.76. The highest BCUT2D eigenvalue weighted by Gasteiger charge is 2.13. The van der Waals surface area contributed by atoms with Crippen LogP contribution < -0.4 is 10.6 Å². The first-order chi connectivity index (χ1) is 9.56. The van der Waals surface area contributed by atoms with Crippen molar-refractivity contribution in [2.24, 2.45) is 0 Å². The maximum Gasteiger partial charge on any atom is 0.246 e. The number of anilines is 2. The Morgan fingerprint density at radius 1 is 1.15 bits per heavy atom. The molecule has 3 nitrogen and oxygen atoms in total. The first kappa shape index (κ1) is 14.3. The molecule has 2 aromatic rings. The van der Waals surface area contributed by atoms with Gasteiger partial charge in [0.25, 0.3) is 0 Å². The molecule has 0 saturated heterocycles. The number of halogens is 2. The van der Waals surface area contributed by atoms with Gasteiger partial charge in [-0.2, -0.15) is 0 Å². The van der Waals surface area contributed by atoms with E-state index in [2.05, 4.69) is 10.6 Å². The summed E-state index contributed by atoms with van der Waals surface area (Å²) < 4.78 is 13.0. The Morgan fingerprint density at radius 3 is 2.50 bits per heavy atom. The van der Waals surface area contributed by atoms with E-state index in [1.165, 1.54) is 18.2 Å². The van der Waals surface area contributed by atoms with Crippen LogP contribution >= 0.6 is 11.6 Å². The van der Waals surface area contributed by atoms with Crippen LogP contribution in [0.25, 0.3) is 0 Å². The van der Waals surface area contributed by atoms with Crippen LogP contribution in [0.4, 0.5) is 15.8 Å². The summed E-state index contributed by atoms with van der Waals surface area (Å²) in [4.78, 5) is 12.0. The molecular formula is C15H14ClFN2O. The molecule has 0 spiro atoms. The van der Waals surface area contributed by atoms with E-state index in [-0.39, 0.29) is 10.9 Å². The van der Waals surface area contributed by atoms with Gasteiger partial charge in [0.15, 0.2) is 0 Å². The van der Waals surface area contributed by atoms with Gasteiger partial charge >= 0.3 is 0 Å². The molecule has 5 heteroatoms. The van der Waals surface area contributed by atoms with Gasteiger partial charge in [-0.05, 0) is 37.3 Å². The average Bonchev–Trinajstić information content (AvgIpc) is 2.44. The SMILES string of the molecule is C[C@@H](Nc1ccc(F)c(Cl)c1)C(=O)Nc1ccccc1. The predicted octanol–water partition coefficient (Wildman–Crippen LogP) is 3.92. The highest BCUT2D eigenvalue weighted by atomic mass is 35.5. The highest BCUT2D eigenvalue weighted by Crippen LogP contribution is 2.20. The molecule has 0 heterocycles. The van der Waals surface area contributed by atoms with Crippen LogP contribution in [0.3, 0.4) is 0 Å². The Morgan fingerprint density at radius 2 is 1.85 bits per heavy atom. The minimum Gasteiger partial charge on any atom is -0.374 e. The second-order valence-electron chi connectivity index (χ2n) is 4.35. The van der Waals surface area contributed by atoms with Crippen molar-refractivity contribution in [2.75, 3.05) is 10.6 Å². The van der Waals surface area contributed by atoms with Gasteiger partial charge in [0, 0.05) is 11.4 Å². The summed E-state index contributed by atoms with van der Waals surface area (Å²) in [5, 5.41) is 5.77. The third kappa shape index (κ3) is 3.71. The van der Waals surface area contributed by atoms with Gasteiger partial charge in [-0.15, -0.1) is 0 Å². The molecule has 0 saturated carbocycles. The van der Waals surface area contributed by atoms with E-state index < -0.39 is 11.9 Å². The number of benzene rings is 2. The average molecular weight is 293 g/mol. The van der Waals surface area contributed by atoms with Gasteiger partial charge in [0.1, 0.15) is 11.9 Å². The Hall–Kier alpha value is -2.07. The monoisotopic (exact) mass is 292 g/mol. The molecule has 104 valence electrons. The molecule has 0 unspecified atom stereocenters. The zero-order chi connectivity index (χ0) is 14.5. The number of rotatable bonds is 4. The molecule has 0 aliphatic rings. The summed E-state index contributed by atoms with van der Waals surface area (Å²) in [6.07, 6.45) is 0. The fraction of sp³-hybridized carbons (Fsp3) is 0.133. The van der Waals surface area contributed by atoms with Gasteiger partial charge < -0.3 is 10.6 Å². The van der Waals surface area contributed by atoms with E-state index in [0.29, 0.717) is 5.69 Å². The van der Waals surface area contributed by atoms with Crippen molar-refractivity contribution < 1.29 is 9.18 Å². The standard InChI is InChI=1S/C15H14ClFN2O/c1-10(15(20)19-11-5-3-2-4-6-11)18-12-7-8-14(17)13(16)9-12/h2-10,18H,1H3,(H,19,20)/t10-/m1/s1. The van der Waals surface area contributed by atoms with Crippen LogP contribution in [0.5, 0.6) is 0 Å². The lowest BCUT2D eigenvalue weighted by Crippen LogP contribution is -2.31. The van der Waals surface area contributed by atoms with Crippen LogP contribution in [-0.4, -0.2) is 11.9 Å². The first-order valence-corrected chi connectivity index (χ1v) is 6.51. The quantitative estimate of drug-likeness (QED) is 0.897. The van der Waals surface area contributed by atoms with Gasteiger partial charge in [0.2, 0.25) is 5.91 Å². The van der Waals surface area contributed by atoms with Crippen molar-refractivity contribution in [1.29, 1.82) is 0 Å². The van der Waals surface area contributed by atoms with Crippen molar-refractivity contribution in [1.82, 2.24) is 0 Å². The Kier molecular flexibility index (Phi) is 4.58. The first-order valence-electron chi connectivity index (χ1n) is 6.14. The maximum absolute atomic E-state index is 13.0. The highest BCUT2D eigenvalue weighted by molar-refractivity contribution is 6.31. The number of carbonyl (C=O) groups excluding carboxylic acids is 1. The van der Waals surface area contributed by atoms with Crippen LogP contribution in [-0.2, 0) is 4.79 Å². The summed E-state index contributed by atoms with van der Waals surface area (Å²) in [7, 11) is 0. The molecule has 0 fully saturated rings. The van der Waals surface area contributed by atoms with Crippen molar-refractivity contribution in [3.8, 4) is 0 Å². The third-order valence-electron chi connectivity index (χ3n) is 2.74. The summed E-state index contributed by atoms with van der Waals surface area (Å²) in [5.41, 5.74) is 1.32. The van der Waals surface area contributed by atoms with E-state index in [0.717, 1.165) is 5.69 Å². The van der Waals surface area contributed by atoms with Crippen LogP contribution in [0.1, 0.15) is 6.92 Å². The van der Waals surface area contributed by atoms with Gasteiger partial charge in [-0.25, -0.2) is 4.39 Å². The molecule has 20 heavy (non-hydrogen) atoms. The smallest absolute Gasteiger partial charge is 0.246 e. The number of hydrogen-bond donors (Lipinski definition) is 2. The van der Waals surface area contributed by atoms with Gasteiger partial charge in [-0.3, -0.25) is 4.79 Å². The molecule has 0 aliphatic carbocycles. The number of para-hydroxylation sites is 1. The minimum absolute atomic E-state index is 0.0191. The number of hydrogen-bond acceptors (Lipinski definition) is 2. The molecule has 2 rings (SSSR count). The van der Waals surface area contributed by atoms with Crippen molar-refractivity contribution in [3.05, 3.63) is 59.4 Å². The second kappa shape index (κ2) is 6.39. The largest absolute Gasteiger partial charge is 0.374 e. The zero-order valence-corrected chi connectivity index (χ0v) is 11.6. The number of nitrogens with one attached hydrogen (secondary N) is 2. The molecule has 0 aliphatic heterocycles. The maximum atomic E-state index is 13.0. The lowest BCUT2D eigenvalue weighted by Gasteiger charge is -2.15. The fourth-order valence-electron chi connectivity index (χ4n) is 1.67. The topological polar surface area (TPSA) is 41.1 Å². The number of amides is 1. The lowest BCUT2D eigenvalue weighted by atomic mass is 10.2. The summed E-state index contributed by atoms with van der Waals surface area (Å²) >= 11 is 5.69. The third-order valence-corrected chi connectivity index (χ3v) is 3.03. The normalized spacial score (nSPS) is 11.8. The molecule has 2 aromatic carbocycles. The zero-order valence-electron chi connectivity index (χ0n) is 10.9. The van der Waals surface area contributed by atoms with Crippen molar-refractivity contribution >= 4 is 28.9 Å². The summed E-state index contributed by atoms with van der Waals surface area (Å²) in [5.74, 6) is -0.671. The van der Waals surface area contributed by atoms with Crippen LogP contribution in [0, 0.1) is 5.82 Å². The molecular weight excluding hydrogens is 279 g/mol. The van der Waals surface area contributed by atoms with Crippen molar-refractivity contribution in [3.63, 3.8) is 0 Å². The molecule has 0 radical (unpaired) electrons. The van der Waals surface area contributed by atoms with Gasteiger partial charge in [-0.1, -0.05) is 29.8 Å². The summed E-state index contributed by atoms with van der Waals surface area (Å²) in [6, 6.07) is 12.9.